The van der Waals surface area contributed by atoms with Gasteiger partial charge in [-0.3, -0.25) is 0 Å². The van der Waals surface area contributed by atoms with Gasteiger partial charge < -0.3 is 4.98 Å². The predicted molar refractivity (Wildman–Crippen MR) is 66.3 cm³/mol. The number of aromatic nitrogens is 1. The molecule has 0 spiro atoms. The van der Waals surface area contributed by atoms with Crippen LogP contribution in [0.2, 0.25) is 0 Å². The quantitative estimate of drug-likeness (QED) is 0.713. The molecule has 0 saturated carbocycles. The van der Waals surface area contributed by atoms with Gasteiger partial charge in [0.2, 0.25) is 0 Å². The third kappa shape index (κ3) is 2.06. The van der Waals surface area contributed by atoms with E-state index >= 15 is 0 Å². The molecule has 0 aliphatic carbocycles. The maximum atomic E-state index is 3.38. The van der Waals surface area contributed by atoms with Crippen molar-refractivity contribution in [3.63, 3.8) is 0 Å². The summed E-state index contributed by atoms with van der Waals surface area (Å²) in [7, 11) is 0. The number of hydrogen-bond donors (Lipinski definition) is 1. The number of hydrogen-bond acceptors (Lipinski definition) is 0. The van der Waals surface area contributed by atoms with E-state index in [0.717, 1.165) is 0 Å². The number of unbranched alkanes of at least 4 members (excludes halogenated alkanes) is 2. The summed E-state index contributed by atoms with van der Waals surface area (Å²) in [5, 5.41) is 1.41. The lowest BCUT2D eigenvalue weighted by atomic mass is 10.0. The molecule has 2 aromatic rings. The summed E-state index contributed by atoms with van der Waals surface area (Å²) in [6.07, 6.45) is 7.31. The van der Waals surface area contributed by atoms with Crippen LogP contribution in [0, 0.1) is 6.92 Å². The number of benzene rings is 1. The highest BCUT2D eigenvalue weighted by Crippen LogP contribution is 2.22. The van der Waals surface area contributed by atoms with Crippen molar-refractivity contribution in [2.24, 2.45) is 0 Å². The molecular weight excluding hydrogens is 182 g/mol. The number of fused-ring (bicyclic) bond motifs is 1. The van der Waals surface area contributed by atoms with E-state index in [1.54, 1.807) is 0 Å². The van der Waals surface area contributed by atoms with Crippen molar-refractivity contribution in [3.05, 3.63) is 35.5 Å². The van der Waals surface area contributed by atoms with E-state index in [0.29, 0.717) is 0 Å². The van der Waals surface area contributed by atoms with Crippen molar-refractivity contribution in [1.29, 1.82) is 0 Å². The van der Waals surface area contributed by atoms with E-state index in [1.807, 2.05) is 0 Å². The van der Waals surface area contributed by atoms with E-state index in [9.17, 15) is 0 Å². The zero-order chi connectivity index (χ0) is 10.7. The summed E-state index contributed by atoms with van der Waals surface area (Å²) in [5.74, 6) is 0. The molecule has 1 aromatic heterocycles. The van der Waals surface area contributed by atoms with Gasteiger partial charge in [-0.25, -0.2) is 0 Å². The average Bonchev–Trinajstić information content (AvgIpc) is 2.64. The molecule has 0 saturated heterocycles. The number of aryl methyl sites for hydroxylation is 2. The normalized spacial score (nSPS) is 11.1. The Morgan fingerprint density at radius 2 is 2.07 bits per heavy atom. The molecular formula is C14H19N. The van der Waals surface area contributed by atoms with Crippen LogP contribution in [0.1, 0.15) is 37.3 Å². The Labute approximate surface area is 91.5 Å². The van der Waals surface area contributed by atoms with Gasteiger partial charge in [-0.05, 0) is 30.9 Å². The molecule has 0 aliphatic rings. The van der Waals surface area contributed by atoms with Crippen LogP contribution in [-0.4, -0.2) is 4.98 Å². The van der Waals surface area contributed by atoms with E-state index < -0.39 is 0 Å². The van der Waals surface area contributed by atoms with Gasteiger partial charge in [-0.15, -0.1) is 0 Å². The fraction of sp³-hybridized carbons (Fsp3) is 0.429. The average molecular weight is 201 g/mol. The van der Waals surface area contributed by atoms with Gasteiger partial charge in [0.15, 0.2) is 0 Å². The van der Waals surface area contributed by atoms with Gasteiger partial charge >= 0.3 is 0 Å². The molecule has 1 heteroatoms. The highest BCUT2D eigenvalue weighted by atomic mass is 14.7. The second-order valence-electron chi connectivity index (χ2n) is 4.27. The molecule has 0 aliphatic heterocycles. The fourth-order valence-corrected chi connectivity index (χ4v) is 2.14. The monoisotopic (exact) mass is 201 g/mol. The summed E-state index contributed by atoms with van der Waals surface area (Å²) >= 11 is 0. The minimum absolute atomic E-state index is 1.21. The third-order valence-corrected chi connectivity index (χ3v) is 3.06. The highest BCUT2D eigenvalue weighted by Gasteiger charge is 2.04. The van der Waals surface area contributed by atoms with Crippen LogP contribution in [0.15, 0.2) is 24.4 Å². The molecule has 1 N–H and O–H groups in total. The van der Waals surface area contributed by atoms with Gasteiger partial charge in [0, 0.05) is 17.1 Å². The molecule has 2 rings (SSSR count). The summed E-state index contributed by atoms with van der Waals surface area (Å²) in [4.78, 5) is 3.38. The smallest absolute Gasteiger partial charge is 0.0486 e. The fourth-order valence-electron chi connectivity index (χ4n) is 2.14. The van der Waals surface area contributed by atoms with Crippen LogP contribution in [0.25, 0.3) is 10.9 Å². The van der Waals surface area contributed by atoms with Crippen LogP contribution in [0.3, 0.4) is 0 Å². The summed E-state index contributed by atoms with van der Waals surface area (Å²) in [6, 6.07) is 6.53. The Kier molecular flexibility index (Phi) is 3.10. The summed E-state index contributed by atoms with van der Waals surface area (Å²) in [5.41, 5.74) is 4.13. The Morgan fingerprint density at radius 1 is 1.20 bits per heavy atom. The zero-order valence-electron chi connectivity index (χ0n) is 9.64. The third-order valence-electron chi connectivity index (χ3n) is 3.06. The van der Waals surface area contributed by atoms with E-state index in [4.69, 9.17) is 0 Å². The maximum absolute atomic E-state index is 3.38. The second-order valence-corrected chi connectivity index (χ2v) is 4.27. The van der Waals surface area contributed by atoms with Crippen molar-refractivity contribution in [2.75, 3.05) is 0 Å². The molecule has 15 heavy (non-hydrogen) atoms. The summed E-state index contributed by atoms with van der Waals surface area (Å²) < 4.78 is 0. The lowest BCUT2D eigenvalue weighted by Gasteiger charge is -1.99. The first-order valence-electron chi connectivity index (χ1n) is 5.88. The molecule has 0 unspecified atom stereocenters. The van der Waals surface area contributed by atoms with Crippen LogP contribution >= 0.6 is 0 Å². The molecule has 1 aromatic carbocycles. The van der Waals surface area contributed by atoms with Crippen LogP contribution in [0.5, 0.6) is 0 Å². The standard InChI is InChI=1S/C14H19N/c1-3-4-5-8-12-10-15-14-11(2)7-6-9-13(12)14/h6-7,9-10,15H,3-5,8H2,1-2H3. The molecule has 0 atom stereocenters. The second kappa shape index (κ2) is 4.52. The molecule has 0 bridgehead atoms. The maximum Gasteiger partial charge on any atom is 0.0486 e. The Hall–Kier alpha value is -1.24. The first kappa shape index (κ1) is 10.3. The van der Waals surface area contributed by atoms with Crippen LogP contribution in [0.4, 0.5) is 0 Å². The lowest BCUT2D eigenvalue weighted by Crippen LogP contribution is -1.83. The van der Waals surface area contributed by atoms with Gasteiger partial charge in [0.1, 0.15) is 0 Å². The predicted octanol–water partition coefficient (Wildman–Crippen LogP) is 4.21. The number of nitrogens with one attached hydrogen (secondary N) is 1. The van der Waals surface area contributed by atoms with Crippen molar-refractivity contribution in [2.45, 2.75) is 39.5 Å². The molecule has 0 fully saturated rings. The van der Waals surface area contributed by atoms with Gasteiger partial charge in [0.05, 0.1) is 0 Å². The van der Waals surface area contributed by atoms with E-state index in [2.05, 4.69) is 43.2 Å². The Morgan fingerprint density at radius 3 is 2.87 bits per heavy atom. The van der Waals surface area contributed by atoms with E-state index in [1.165, 1.54) is 47.7 Å². The molecule has 0 radical (unpaired) electrons. The van der Waals surface area contributed by atoms with Gasteiger partial charge in [-0.2, -0.15) is 0 Å². The topological polar surface area (TPSA) is 15.8 Å². The zero-order valence-corrected chi connectivity index (χ0v) is 9.64. The van der Waals surface area contributed by atoms with E-state index in [-0.39, 0.29) is 0 Å². The number of H-pyrrole nitrogens is 1. The van der Waals surface area contributed by atoms with Crippen molar-refractivity contribution >= 4 is 10.9 Å². The first-order chi connectivity index (χ1) is 7.33. The summed E-state index contributed by atoms with van der Waals surface area (Å²) in [6.45, 7) is 4.41. The van der Waals surface area contributed by atoms with Crippen molar-refractivity contribution in [3.8, 4) is 0 Å². The van der Waals surface area contributed by atoms with Crippen LogP contribution in [-0.2, 0) is 6.42 Å². The molecule has 1 heterocycles. The van der Waals surface area contributed by atoms with Crippen molar-refractivity contribution in [1.82, 2.24) is 4.98 Å². The minimum Gasteiger partial charge on any atom is -0.361 e. The number of rotatable bonds is 4. The minimum atomic E-state index is 1.21. The molecule has 0 amide bonds. The van der Waals surface area contributed by atoms with Crippen molar-refractivity contribution < 1.29 is 0 Å². The first-order valence-corrected chi connectivity index (χ1v) is 5.88. The molecule has 1 nitrogen and oxygen atoms in total. The lowest BCUT2D eigenvalue weighted by molar-refractivity contribution is 0.719. The van der Waals surface area contributed by atoms with Crippen LogP contribution < -0.4 is 0 Å². The number of para-hydroxylation sites is 1. The van der Waals surface area contributed by atoms with Gasteiger partial charge in [0.25, 0.3) is 0 Å². The Balaban J connectivity index is 2.25. The Bertz CT molecular complexity index is 440. The molecule has 80 valence electrons. The highest BCUT2D eigenvalue weighted by molar-refractivity contribution is 5.85. The SMILES string of the molecule is CCCCCc1c[nH]c2c(C)cccc12. The number of aromatic amines is 1. The largest absolute Gasteiger partial charge is 0.361 e. The van der Waals surface area contributed by atoms with Gasteiger partial charge in [-0.1, -0.05) is 38.0 Å².